The average molecular weight is 580 g/mol. The van der Waals surface area contributed by atoms with Gasteiger partial charge in [-0.3, -0.25) is 15.0 Å². The molecule has 0 amide bonds. The van der Waals surface area contributed by atoms with Crippen molar-refractivity contribution in [2.45, 2.75) is 174 Å². The molecule has 3 fully saturated rings. The summed E-state index contributed by atoms with van der Waals surface area (Å²) in [4.78, 5) is 29.9. The molecule has 1 heterocycles. The van der Waals surface area contributed by atoms with E-state index in [2.05, 4.69) is 36.7 Å². The zero-order valence-electron chi connectivity index (χ0n) is 26.8. The maximum absolute atomic E-state index is 5.13. The van der Waals surface area contributed by atoms with Crippen LogP contribution in [0.15, 0.2) is 15.0 Å². The molecular weight excluding hydrogens is 522 g/mol. The second-order valence-corrected chi connectivity index (χ2v) is 12.5. The smallest absolute Gasteiger partial charge is 0.234 e. The number of amidine groups is 3. The summed E-state index contributed by atoms with van der Waals surface area (Å²) in [6, 6.07) is 1.17. The molecule has 42 heavy (non-hydrogen) atoms. The number of nitrogens with one attached hydrogen (secondary N) is 3. The first-order chi connectivity index (χ1) is 20.6. The molecule has 9 nitrogen and oxygen atoms in total. The third kappa shape index (κ3) is 11.3. The molecule has 0 spiro atoms. The van der Waals surface area contributed by atoms with Gasteiger partial charge in [0.25, 0.3) is 0 Å². The predicted octanol–water partition coefficient (Wildman–Crippen LogP) is 8.70. The summed E-state index contributed by atoms with van der Waals surface area (Å²) < 4.78 is 0. The van der Waals surface area contributed by atoms with E-state index < -0.39 is 0 Å². The fourth-order valence-corrected chi connectivity index (χ4v) is 6.41. The Morgan fingerprint density at radius 1 is 0.476 bits per heavy atom. The van der Waals surface area contributed by atoms with Crippen molar-refractivity contribution in [1.29, 1.82) is 0 Å². The number of aromatic nitrogens is 3. The van der Waals surface area contributed by atoms with Crippen LogP contribution >= 0.6 is 0 Å². The zero-order valence-corrected chi connectivity index (χ0v) is 26.8. The van der Waals surface area contributed by atoms with E-state index in [1.54, 1.807) is 0 Å². The molecule has 0 bridgehead atoms. The van der Waals surface area contributed by atoms with Crippen molar-refractivity contribution in [2.24, 2.45) is 15.0 Å². The van der Waals surface area contributed by atoms with Crippen molar-refractivity contribution < 1.29 is 0 Å². The lowest BCUT2D eigenvalue weighted by molar-refractivity contribution is 0.443. The number of aliphatic imine (C=N–C) groups is 3. The molecule has 0 saturated heterocycles. The molecule has 9 heteroatoms. The Kier molecular flexibility index (Phi) is 14.0. The quantitative estimate of drug-likeness (QED) is 0.169. The minimum atomic E-state index is 0.391. The highest BCUT2D eigenvalue weighted by molar-refractivity contribution is 5.97. The van der Waals surface area contributed by atoms with Crippen LogP contribution in [0.25, 0.3) is 0 Å². The van der Waals surface area contributed by atoms with E-state index in [-0.39, 0.29) is 0 Å². The summed E-state index contributed by atoms with van der Waals surface area (Å²) in [7, 11) is 0. The molecule has 0 aliphatic heterocycles. The van der Waals surface area contributed by atoms with Gasteiger partial charge in [-0.25, -0.2) is 0 Å². The van der Waals surface area contributed by atoms with Gasteiger partial charge in [-0.2, -0.15) is 15.0 Å². The van der Waals surface area contributed by atoms with Crippen LogP contribution in [0.5, 0.6) is 0 Å². The van der Waals surface area contributed by atoms with Gasteiger partial charge in [0.15, 0.2) is 0 Å². The molecule has 234 valence electrons. The minimum Gasteiger partial charge on any atom is -0.312 e. The standard InChI is InChI=1S/C33H57N9/c1-4-16-28(34-25-19-10-7-11-20-25)37-31-40-32(38-29(17-5-2)35-26-21-12-8-13-22-26)42-33(41-31)39-30(18-6-3)36-27-23-14-9-15-24-27/h25-27H,4-24H2,1-3H3,(H3,34,35,36,37,38,39,40,41,42). The van der Waals surface area contributed by atoms with E-state index in [0.29, 0.717) is 36.0 Å². The summed E-state index contributed by atoms with van der Waals surface area (Å²) in [5.41, 5.74) is 0. The summed E-state index contributed by atoms with van der Waals surface area (Å²) in [6.45, 7) is 6.59. The normalized spacial score (nSPS) is 20.5. The van der Waals surface area contributed by atoms with Crippen LogP contribution in [0, 0.1) is 0 Å². The van der Waals surface area contributed by atoms with Gasteiger partial charge in [-0.1, -0.05) is 78.6 Å². The van der Waals surface area contributed by atoms with Crippen molar-refractivity contribution in [1.82, 2.24) is 15.0 Å². The average Bonchev–Trinajstić information content (AvgIpc) is 2.99. The molecule has 0 radical (unpaired) electrons. The van der Waals surface area contributed by atoms with E-state index >= 15 is 0 Å². The third-order valence-corrected chi connectivity index (χ3v) is 8.60. The van der Waals surface area contributed by atoms with E-state index in [0.717, 1.165) is 56.0 Å². The first-order valence-electron chi connectivity index (χ1n) is 17.4. The van der Waals surface area contributed by atoms with Crippen LogP contribution in [-0.4, -0.2) is 50.6 Å². The highest BCUT2D eigenvalue weighted by Gasteiger charge is 2.18. The summed E-state index contributed by atoms with van der Waals surface area (Å²) in [6.07, 6.45) is 24.3. The van der Waals surface area contributed by atoms with Gasteiger partial charge in [-0.15, -0.1) is 0 Å². The Hall–Kier alpha value is -2.58. The molecular formula is C33H57N9. The van der Waals surface area contributed by atoms with Crippen LogP contribution in [0.4, 0.5) is 17.8 Å². The lowest BCUT2D eigenvalue weighted by atomic mass is 9.96. The Balaban J connectivity index is 1.61. The van der Waals surface area contributed by atoms with Gasteiger partial charge in [-0.05, 0) is 57.8 Å². The Bertz CT molecular complexity index is 876. The van der Waals surface area contributed by atoms with Crippen molar-refractivity contribution >= 4 is 35.4 Å². The fraction of sp³-hybridized carbons (Fsp3) is 0.818. The van der Waals surface area contributed by atoms with Crippen LogP contribution in [0.3, 0.4) is 0 Å². The fourth-order valence-electron chi connectivity index (χ4n) is 6.41. The highest BCUT2D eigenvalue weighted by atomic mass is 15.3. The highest BCUT2D eigenvalue weighted by Crippen LogP contribution is 2.24. The summed E-state index contributed by atoms with van der Waals surface area (Å²) in [5, 5.41) is 10.5. The summed E-state index contributed by atoms with van der Waals surface area (Å²) in [5.74, 6) is 4.51. The first-order valence-corrected chi connectivity index (χ1v) is 17.4. The van der Waals surface area contributed by atoms with Crippen molar-refractivity contribution in [2.75, 3.05) is 16.0 Å². The van der Waals surface area contributed by atoms with Gasteiger partial charge in [0.1, 0.15) is 17.5 Å². The lowest BCUT2D eigenvalue weighted by Crippen LogP contribution is -2.24. The number of rotatable bonds is 12. The molecule has 0 unspecified atom stereocenters. The molecule has 4 rings (SSSR count). The maximum atomic E-state index is 5.13. The number of hydrogen-bond acceptors (Lipinski definition) is 6. The van der Waals surface area contributed by atoms with Gasteiger partial charge >= 0.3 is 0 Å². The molecule has 3 aliphatic carbocycles. The monoisotopic (exact) mass is 579 g/mol. The molecule has 3 N–H and O–H groups in total. The van der Waals surface area contributed by atoms with Crippen LogP contribution in [-0.2, 0) is 0 Å². The van der Waals surface area contributed by atoms with E-state index in [9.17, 15) is 0 Å². The molecule has 0 atom stereocenters. The van der Waals surface area contributed by atoms with E-state index in [4.69, 9.17) is 29.9 Å². The van der Waals surface area contributed by atoms with Crippen LogP contribution in [0.1, 0.15) is 156 Å². The van der Waals surface area contributed by atoms with E-state index in [1.807, 2.05) is 0 Å². The number of hydrogen-bond donors (Lipinski definition) is 3. The van der Waals surface area contributed by atoms with Gasteiger partial charge in [0.2, 0.25) is 17.8 Å². The molecule has 3 saturated carbocycles. The van der Waals surface area contributed by atoms with Gasteiger partial charge in [0, 0.05) is 19.3 Å². The topological polar surface area (TPSA) is 112 Å². The molecule has 0 aromatic carbocycles. The second kappa shape index (κ2) is 18.2. The Morgan fingerprint density at radius 3 is 0.976 bits per heavy atom. The first kappa shape index (κ1) is 32.3. The van der Waals surface area contributed by atoms with Gasteiger partial charge < -0.3 is 16.0 Å². The largest absolute Gasteiger partial charge is 0.312 e. The van der Waals surface area contributed by atoms with Crippen molar-refractivity contribution in [3.8, 4) is 0 Å². The second-order valence-electron chi connectivity index (χ2n) is 12.5. The maximum Gasteiger partial charge on any atom is 0.234 e. The molecule has 3 aliphatic rings. The number of anilines is 3. The summed E-state index contributed by atoms with van der Waals surface area (Å²) >= 11 is 0. The van der Waals surface area contributed by atoms with Crippen LogP contribution < -0.4 is 16.0 Å². The van der Waals surface area contributed by atoms with Crippen molar-refractivity contribution in [3.05, 3.63) is 0 Å². The van der Waals surface area contributed by atoms with Gasteiger partial charge in [0.05, 0.1) is 18.1 Å². The third-order valence-electron chi connectivity index (χ3n) is 8.60. The van der Waals surface area contributed by atoms with E-state index in [1.165, 1.54) is 96.3 Å². The SMILES string of the molecule is CCCC(=NC1CCCCC1)Nc1nc(NC(CCC)=NC2CCCCC2)nc(NC(CCC)=NC2CCCCC2)n1. The Morgan fingerprint density at radius 2 is 0.738 bits per heavy atom. The lowest BCUT2D eigenvalue weighted by Gasteiger charge is -2.21. The van der Waals surface area contributed by atoms with Crippen molar-refractivity contribution in [3.63, 3.8) is 0 Å². The molecule has 1 aromatic heterocycles. The van der Waals surface area contributed by atoms with Crippen LogP contribution in [0.2, 0.25) is 0 Å². The Labute approximate surface area is 254 Å². The minimum absolute atomic E-state index is 0.391. The predicted molar refractivity (Wildman–Crippen MR) is 178 cm³/mol. The zero-order chi connectivity index (χ0) is 29.4. The molecule has 1 aromatic rings. The number of nitrogens with zero attached hydrogens (tertiary/aromatic N) is 6.